The van der Waals surface area contributed by atoms with Gasteiger partial charge in [-0.05, 0) is 50.2 Å². The van der Waals surface area contributed by atoms with Crippen LogP contribution in [-0.4, -0.2) is 55.5 Å². The van der Waals surface area contributed by atoms with E-state index in [0.29, 0.717) is 18.5 Å². The van der Waals surface area contributed by atoms with Crippen LogP contribution in [0.2, 0.25) is 0 Å². The van der Waals surface area contributed by atoms with Crippen molar-refractivity contribution in [1.82, 2.24) is 9.80 Å². The molecule has 112 valence electrons. The molecular formula is C15H31N3O. The van der Waals surface area contributed by atoms with Gasteiger partial charge in [0.15, 0.2) is 0 Å². The Kier molecular flexibility index (Phi) is 6.27. The molecule has 0 aliphatic carbocycles. The van der Waals surface area contributed by atoms with Crippen LogP contribution in [0.25, 0.3) is 0 Å². The topological polar surface area (TPSA) is 49.6 Å². The highest BCUT2D eigenvalue weighted by Crippen LogP contribution is 2.34. The van der Waals surface area contributed by atoms with Gasteiger partial charge in [-0.3, -0.25) is 9.69 Å². The summed E-state index contributed by atoms with van der Waals surface area (Å²) in [7, 11) is 1.87. The number of hydrogen-bond donors (Lipinski definition) is 1. The largest absolute Gasteiger partial charge is 0.345 e. The van der Waals surface area contributed by atoms with Gasteiger partial charge in [-0.15, -0.1) is 0 Å². The van der Waals surface area contributed by atoms with Crippen molar-refractivity contribution in [3.63, 3.8) is 0 Å². The second kappa shape index (κ2) is 7.25. The number of hydrogen-bond acceptors (Lipinski definition) is 3. The lowest BCUT2D eigenvalue weighted by molar-refractivity contribution is -0.131. The molecule has 0 aromatic rings. The van der Waals surface area contributed by atoms with E-state index in [9.17, 15) is 4.79 Å². The number of amides is 1. The summed E-state index contributed by atoms with van der Waals surface area (Å²) in [5.41, 5.74) is 5.87. The van der Waals surface area contributed by atoms with Crippen molar-refractivity contribution in [3.8, 4) is 0 Å². The first-order chi connectivity index (χ1) is 8.84. The summed E-state index contributed by atoms with van der Waals surface area (Å²) in [6.45, 7) is 11.0. The summed E-state index contributed by atoms with van der Waals surface area (Å²) in [6.07, 6.45) is 3.31. The second-order valence-corrected chi connectivity index (χ2v) is 6.87. The predicted octanol–water partition coefficient (Wildman–Crippen LogP) is 1.55. The van der Waals surface area contributed by atoms with Gasteiger partial charge in [0.05, 0.1) is 6.54 Å². The van der Waals surface area contributed by atoms with Gasteiger partial charge in [-0.1, -0.05) is 20.8 Å². The number of nitrogens with two attached hydrogens (primary N) is 1. The average molecular weight is 269 g/mol. The Labute approximate surface area is 118 Å². The molecule has 1 saturated heterocycles. The van der Waals surface area contributed by atoms with Gasteiger partial charge in [0.1, 0.15) is 0 Å². The van der Waals surface area contributed by atoms with E-state index in [0.717, 1.165) is 32.0 Å². The fraction of sp³-hybridized carbons (Fsp3) is 0.933. The lowest BCUT2D eigenvalue weighted by Crippen LogP contribution is -2.44. The zero-order valence-electron chi connectivity index (χ0n) is 13.1. The number of carbonyl (C=O) groups excluding carboxylic acids is 1. The fourth-order valence-electron chi connectivity index (χ4n) is 2.72. The first-order valence-corrected chi connectivity index (χ1v) is 7.51. The van der Waals surface area contributed by atoms with E-state index < -0.39 is 0 Å². The molecule has 0 atom stereocenters. The third kappa shape index (κ3) is 5.49. The van der Waals surface area contributed by atoms with Crippen LogP contribution in [0, 0.1) is 11.3 Å². The van der Waals surface area contributed by atoms with Crippen molar-refractivity contribution in [3.05, 3.63) is 0 Å². The summed E-state index contributed by atoms with van der Waals surface area (Å²) in [5.74, 6) is 1.01. The number of carbonyl (C=O) groups is 1. The fourth-order valence-corrected chi connectivity index (χ4v) is 2.72. The first-order valence-electron chi connectivity index (χ1n) is 7.51. The minimum atomic E-state index is 0.225. The zero-order valence-corrected chi connectivity index (χ0v) is 13.1. The van der Waals surface area contributed by atoms with E-state index in [1.807, 2.05) is 11.9 Å². The van der Waals surface area contributed by atoms with Gasteiger partial charge in [-0.25, -0.2) is 0 Å². The Hall–Kier alpha value is -0.610. The van der Waals surface area contributed by atoms with E-state index >= 15 is 0 Å². The van der Waals surface area contributed by atoms with Crippen LogP contribution in [0.1, 0.15) is 40.0 Å². The molecule has 0 spiro atoms. The standard InChI is InChI=1S/C15H31N3O/c1-15(2,3)13-6-10-18(11-7-13)12-14(19)17(4)9-5-8-16/h13H,5-12,16H2,1-4H3. The molecule has 1 aliphatic heterocycles. The molecule has 1 amide bonds. The highest BCUT2D eigenvalue weighted by molar-refractivity contribution is 5.77. The molecule has 0 aromatic heterocycles. The SMILES string of the molecule is CN(CCCN)C(=O)CN1CCC(C(C)(C)C)CC1. The number of rotatable bonds is 5. The van der Waals surface area contributed by atoms with Gasteiger partial charge in [-0.2, -0.15) is 0 Å². The highest BCUT2D eigenvalue weighted by atomic mass is 16.2. The van der Waals surface area contributed by atoms with Crippen molar-refractivity contribution in [2.45, 2.75) is 40.0 Å². The molecule has 1 aliphatic rings. The monoisotopic (exact) mass is 269 g/mol. The van der Waals surface area contributed by atoms with Crippen LogP contribution < -0.4 is 5.73 Å². The molecule has 1 fully saturated rings. The van der Waals surface area contributed by atoms with Gasteiger partial charge in [0.2, 0.25) is 5.91 Å². The summed E-state index contributed by atoms with van der Waals surface area (Å²) in [6, 6.07) is 0. The summed E-state index contributed by atoms with van der Waals surface area (Å²) < 4.78 is 0. The minimum Gasteiger partial charge on any atom is -0.345 e. The van der Waals surface area contributed by atoms with Crippen LogP contribution in [-0.2, 0) is 4.79 Å². The summed E-state index contributed by atoms with van der Waals surface area (Å²) in [5, 5.41) is 0. The van der Waals surface area contributed by atoms with E-state index in [2.05, 4.69) is 25.7 Å². The van der Waals surface area contributed by atoms with Crippen LogP contribution in [0.5, 0.6) is 0 Å². The molecule has 0 radical (unpaired) electrons. The quantitative estimate of drug-likeness (QED) is 0.824. The van der Waals surface area contributed by atoms with Crippen LogP contribution in [0.3, 0.4) is 0 Å². The first kappa shape index (κ1) is 16.4. The zero-order chi connectivity index (χ0) is 14.5. The van der Waals surface area contributed by atoms with Crippen molar-refractivity contribution in [1.29, 1.82) is 0 Å². The van der Waals surface area contributed by atoms with Crippen LogP contribution in [0.15, 0.2) is 0 Å². The van der Waals surface area contributed by atoms with E-state index in [1.54, 1.807) is 0 Å². The number of likely N-dealkylation sites (tertiary alicyclic amines) is 1. The molecule has 1 rings (SSSR count). The van der Waals surface area contributed by atoms with Crippen LogP contribution >= 0.6 is 0 Å². The Bertz CT molecular complexity index is 278. The molecule has 0 aromatic carbocycles. The van der Waals surface area contributed by atoms with Crippen LogP contribution in [0.4, 0.5) is 0 Å². The van der Waals surface area contributed by atoms with Crippen molar-refractivity contribution < 1.29 is 4.79 Å². The van der Waals surface area contributed by atoms with Crippen molar-refractivity contribution >= 4 is 5.91 Å². The molecule has 0 bridgehead atoms. The molecule has 0 saturated carbocycles. The lowest BCUT2D eigenvalue weighted by Gasteiger charge is -2.38. The highest BCUT2D eigenvalue weighted by Gasteiger charge is 2.29. The van der Waals surface area contributed by atoms with Crippen molar-refractivity contribution in [2.75, 3.05) is 39.8 Å². The lowest BCUT2D eigenvalue weighted by atomic mass is 9.75. The molecule has 1 heterocycles. The third-order valence-electron chi connectivity index (χ3n) is 4.29. The predicted molar refractivity (Wildman–Crippen MR) is 79.9 cm³/mol. The number of piperidine rings is 1. The average Bonchev–Trinajstić information content (AvgIpc) is 2.35. The normalized spacial score (nSPS) is 18.6. The van der Waals surface area contributed by atoms with Gasteiger partial charge in [0, 0.05) is 13.6 Å². The molecule has 4 heteroatoms. The second-order valence-electron chi connectivity index (χ2n) is 6.87. The smallest absolute Gasteiger partial charge is 0.236 e. The molecule has 2 N–H and O–H groups in total. The van der Waals surface area contributed by atoms with Gasteiger partial charge in [0.25, 0.3) is 0 Å². The van der Waals surface area contributed by atoms with Gasteiger partial charge >= 0.3 is 0 Å². The third-order valence-corrected chi connectivity index (χ3v) is 4.29. The van der Waals surface area contributed by atoms with Gasteiger partial charge < -0.3 is 10.6 Å². The summed E-state index contributed by atoms with van der Waals surface area (Å²) >= 11 is 0. The van der Waals surface area contributed by atoms with Crippen molar-refractivity contribution in [2.24, 2.45) is 17.1 Å². The Morgan fingerprint density at radius 1 is 1.32 bits per heavy atom. The Morgan fingerprint density at radius 2 is 1.89 bits per heavy atom. The maximum absolute atomic E-state index is 12.0. The molecular weight excluding hydrogens is 238 g/mol. The minimum absolute atomic E-state index is 0.225. The van der Waals surface area contributed by atoms with E-state index in [4.69, 9.17) is 5.73 Å². The van der Waals surface area contributed by atoms with E-state index in [1.165, 1.54) is 12.8 Å². The Morgan fingerprint density at radius 3 is 2.37 bits per heavy atom. The maximum Gasteiger partial charge on any atom is 0.236 e. The summed E-state index contributed by atoms with van der Waals surface area (Å²) in [4.78, 5) is 16.1. The molecule has 0 unspecified atom stereocenters. The number of likely N-dealkylation sites (N-methyl/N-ethyl adjacent to an activating group) is 1. The number of nitrogens with zero attached hydrogens (tertiary/aromatic N) is 2. The molecule has 19 heavy (non-hydrogen) atoms. The van der Waals surface area contributed by atoms with E-state index in [-0.39, 0.29) is 5.91 Å². The Balaban J connectivity index is 2.31. The molecule has 4 nitrogen and oxygen atoms in total. The maximum atomic E-state index is 12.0.